The summed E-state index contributed by atoms with van der Waals surface area (Å²) in [6.07, 6.45) is 6.01. The predicted octanol–water partition coefficient (Wildman–Crippen LogP) is 5.85. The Balaban J connectivity index is 2.08. The normalized spacial score (nSPS) is 10.9. The highest BCUT2D eigenvalue weighted by molar-refractivity contribution is 6.30. The number of nitrogens with zero attached hydrogens (tertiary/aromatic N) is 1. The second-order valence-electron chi connectivity index (χ2n) is 6.45. The molecule has 0 aromatic heterocycles. The van der Waals surface area contributed by atoms with Gasteiger partial charge in [-0.1, -0.05) is 43.9 Å². The van der Waals surface area contributed by atoms with E-state index in [1.54, 1.807) is 49.6 Å². The van der Waals surface area contributed by atoms with Gasteiger partial charge in [-0.15, -0.1) is 0 Å². The fourth-order valence-corrected chi connectivity index (χ4v) is 2.78. The van der Waals surface area contributed by atoms with E-state index in [0.717, 1.165) is 12.8 Å². The van der Waals surface area contributed by atoms with Crippen LogP contribution in [0.25, 0.3) is 6.08 Å². The number of methoxy groups -OCH3 is 1. The number of nitrogens with one attached hydrogen (secondary N) is 1. The summed E-state index contributed by atoms with van der Waals surface area (Å²) in [6, 6.07) is 13.9. The summed E-state index contributed by atoms with van der Waals surface area (Å²) in [5.41, 5.74) is 1.21. The standard InChI is InChI=1S/C23H25ClN2O3/c1-3-4-5-6-13-29-21-12-7-17(15-22(21)28-2)14-18(16-25)23(27)26-20-10-8-19(24)9-11-20/h7-12,14-15H,3-6,13H2,1-2H3,(H,26,27)/b18-14-. The number of ether oxygens (including phenoxy) is 2. The topological polar surface area (TPSA) is 71.3 Å². The first-order chi connectivity index (χ1) is 14.1. The number of halogens is 1. The molecular weight excluding hydrogens is 388 g/mol. The lowest BCUT2D eigenvalue weighted by Gasteiger charge is -2.11. The van der Waals surface area contributed by atoms with Crippen LogP contribution >= 0.6 is 11.6 Å². The van der Waals surface area contributed by atoms with Crippen LogP contribution in [0.4, 0.5) is 5.69 Å². The summed E-state index contributed by atoms with van der Waals surface area (Å²) >= 11 is 5.84. The third-order valence-corrected chi connectivity index (χ3v) is 4.47. The molecule has 5 nitrogen and oxygen atoms in total. The molecule has 1 N–H and O–H groups in total. The maximum absolute atomic E-state index is 12.4. The highest BCUT2D eigenvalue weighted by Gasteiger charge is 2.11. The zero-order valence-electron chi connectivity index (χ0n) is 16.7. The van der Waals surface area contributed by atoms with Crippen molar-refractivity contribution in [3.63, 3.8) is 0 Å². The van der Waals surface area contributed by atoms with Gasteiger partial charge in [0.15, 0.2) is 11.5 Å². The van der Waals surface area contributed by atoms with Gasteiger partial charge < -0.3 is 14.8 Å². The highest BCUT2D eigenvalue weighted by Crippen LogP contribution is 2.29. The van der Waals surface area contributed by atoms with Gasteiger partial charge in [0, 0.05) is 10.7 Å². The van der Waals surface area contributed by atoms with Crippen molar-refractivity contribution < 1.29 is 14.3 Å². The van der Waals surface area contributed by atoms with Crippen molar-refractivity contribution in [2.45, 2.75) is 32.6 Å². The average molecular weight is 413 g/mol. The van der Waals surface area contributed by atoms with Crippen LogP contribution in [-0.2, 0) is 4.79 Å². The lowest BCUT2D eigenvalue weighted by atomic mass is 10.1. The zero-order chi connectivity index (χ0) is 21.1. The molecule has 2 aromatic rings. The predicted molar refractivity (Wildman–Crippen MR) is 116 cm³/mol. The number of carbonyl (C=O) groups excluding carboxylic acids is 1. The minimum atomic E-state index is -0.495. The van der Waals surface area contributed by atoms with Crippen LogP contribution in [0.5, 0.6) is 11.5 Å². The van der Waals surface area contributed by atoms with Crippen LogP contribution in [0.15, 0.2) is 48.0 Å². The second-order valence-corrected chi connectivity index (χ2v) is 6.89. The molecule has 6 heteroatoms. The molecule has 29 heavy (non-hydrogen) atoms. The molecule has 0 radical (unpaired) electrons. The van der Waals surface area contributed by atoms with Crippen molar-refractivity contribution in [1.82, 2.24) is 0 Å². The zero-order valence-corrected chi connectivity index (χ0v) is 17.5. The quantitative estimate of drug-likeness (QED) is 0.301. The van der Waals surface area contributed by atoms with Crippen molar-refractivity contribution in [3.05, 3.63) is 58.6 Å². The average Bonchev–Trinajstić information content (AvgIpc) is 2.73. The Morgan fingerprint density at radius 2 is 1.90 bits per heavy atom. The van der Waals surface area contributed by atoms with E-state index in [1.807, 2.05) is 6.07 Å². The van der Waals surface area contributed by atoms with Crippen molar-refractivity contribution in [2.24, 2.45) is 0 Å². The third kappa shape index (κ3) is 7.17. The first-order valence-electron chi connectivity index (χ1n) is 9.57. The van der Waals surface area contributed by atoms with Crippen LogP contribution in [0.3, 0.4) is 0 Å². The summed E-state index contributed by atoms with van der Waals surface area (Å²) in [7, 11) is 1.56. The molecule has 0 saturated heterocycles. The third-order valence-electron chi connectivity index (χ3n) is 4.22. The van der Waals surface area contributed by atoms with E-state index in [9.17, 15) is 10.1 Å². The summed E-state index contributed by atoms with van der Waals surface area (Å²) < 4.78 is 11.2. The molecule has 0 aliphatic carbocycles. The van der Waals surface area contributed by atoms with Crippen molar-refractivity contribution >= 4 is 29.3 Å². The summed E-state index contributed by atoms with van der Waals surface area (Å²) in [6.45, 7) is 2.79. The van der Waals surface area contributed by atoms with Crippen LogP contribution in [0.2, 0.25) is 5.02 Å². The fraction of sp³-hybridized carbons (Fsp3) is 0.304. The lowest BCUT2D eigenvalue weighted by Crippen LogP contribution is -2.13. The van der Waals surface area contributed by atoms with E-state index in [2.05, 4.69) is 12.2 Å². The highest BCUT2D eigenvalue weighted by atomic mass is 35.5. The van der Waals surface area contributed by atoms with Gasteiger partial charge in [-0.05, 0) is 54.5 Å². The minimum absolute atomic E-state index is 0.0183. The van der Waals surface area contributed by atoms with Crippen molar-refractivity contribution in [3.8, 4) is 17.6 Å². The Bertz CT molecular complexity index is 886. The summed E-state index contributed by atoms with van der Waals surface area (Å²) in [5.74, 6) is 0.708. The Kier molecular flexibility index (Phi) is 9.07. The molecular formula is C23H25ClN2O3. The van der Waals surface area contributed by atoms with Crippen LogP contribution in [0, 0.1) is 11.3 Å². The number of unbranched alkanes of at least 4 members (excludes halogenated alkanes) is 3. The van der Waals surface area contributed by atoms with Gasteiger partial charge in [0.1, 0.15) is 11.6 Å². The van der Waals surface area contributed by atoms with Gasteiger partial charge >= 0.3 is 0 Å². The number of amides is 1. The number of nitriles is 1. The van der Waals surface area contributed by atoms with Gasteiger partial charge in [0.2, 0.25) is 0 Å². The van der Waals surface area contributed by atoms with Gasteiger partial charge in [-0.2, -0.15) is 5.26 Å². The molecule has 0 heterocycles. The number of hydrogen-bond acceptors (Lipinski definition) is 4. The molecule has 0 spiro atoms. The maximum atomic E-state index is 12.4. The maximum Gasteiger partial charge on any atom is 0.266 e. The number of rotatable bonds is 10. The Morgan fingerprint density at radius 3 is 2.55 bits per heavy atom. The second kappa shape index (κ2) is 11.8. The van der Waals surface area contributed by atoms with Crippen LogP contribution in [0.1, 0.15) is 38.2 Å². The van der Waals surface area contributed by atoms with E-state index in [4.69, 9.17) is 21.1 Å². The first kappa shape index (κ1) is 22.3. The molecule has 152 valence electrons. The van der Waals surface area contributed by atoms with E-state index >= 15 is 0 Å². The van der Waals surface area contributed by atoms with E-state index < -0.39 is 5.91 Å². The van der Waals surface area contributed by atoms with Crippen molar-refractivity contribution in [2.75, 3.05) is 19.0 Å². The Hall–Kier alpha value is -2.97. The molecule has 0 aliphatic heterocycles. The molecule has 1 amide bonds. The molecule has 2 rings (SSSR count). The number of anilines is 1. The van der Waals surface area contributed by atoms with Gasteiger partial charge in [0.05, 0.1) is 13.7 Å². The number of benzene rings is 2. The molecule has 2 aromatic carbocycles. The number of hydrogen-bond donors (Lipinski definition) is 1. The van der Waals surface area contributed by atoms with Crippen LogP contribution in [-0.4, -0.2) is 19.6 Å². The monoisotopic (exact) mass is 412 g/mol. The summed E-state index contributed by atoms with van der Waals surface area (Å²) in [5, 5.41) is 12.6. The number of carbonyl (C=O) groups is 1. The lowest BCUT2D eigenvalue weighted by molar-refractivity contribution is -0.112. The molecule has 0 aliphatic rings. The largest absolute Gasteiger partial charge is 0.493 e. The van der Waals surface area contributed by atoms with Gasteiger partial charge in [0.25, 0.3) is 5.91 Å². The van der Waals surface area contributed by atoms with Gasteiger partial charge in [-0.25, -0.2) is 0 Å². The first-order valence-corrected chi connectivity index (χ1v) is 9.94. The minimum Gasteiger partial charge on any atom is -0.493 e. The van der Waals surface area contributed by atoms with E-state index in [-0.39, 0.29) is 5.57 Å². The Morgan fingerprint density at radius 1 is 1.14 bits per heavy atom. The molecule has 0 bridgehead atoms. The molecule has 0 atom stereocenters. The fourth-order valence-electron chi connectivity index (χ4n) is 2.65. The van der Waals surface area contributed by atoms with Crippen molar-refractivity contribution in [1.29, 1.82) is 5.26 Å². The Labute approximate surface area is 176 Å². The van der Waals surface area contributed by atoms with E-state index in [0.29, 0.717) is 34.4 Å². The van der Waals surface area contributed by atoms with E-state index in [1.165, 1.54) is 18.9 Å². The van der Waals surface area contributed by atoms with Crippen LogP contribution < -0.4 is 14.8 Å². The molecule has 0 fully saturated rings. The molecule has 0 saturated carbocycles. The molecule has 0 unspecified atom stereocenters. The van der Waals surface area contributed by atoms with Gasteiger partial charge in [-0.3, -0.25) is 4.79 Å². The smallest absolute Gasteiger partial charge is 0.266 e. The SMILES string of the molecule is CCCCCCOc1ccc(/C=C(/C#N)C(=O)Nc2ccc(Cl)cc2)cc1OC. The summed E-state index contributed by atoms with van der Waals surface area (Å²) in [4.78, 5) is 12.4.